The Bertz CT molecular complexity index is 219. The van der Waals surface area contributed by atoms with Crippen molar-refractivity contribution in [2.75, 3.05) is 12.4 Å². The molecule has 3 heteroatoms. The fourth-order valence-electron chi connectivity index (χ4n) is 2.96. The fraction of sp³-hybridized carbons (Fsp3) is 0.900. The topological polar surface area (TPSA) is 20.3 Å². The number of hydrogen-bond donors (Lipinski definition) is 0. The minimum Gasteiger partial charge on any atom is -0.342 e. The molecule has 0 saturated heterocycles. The highest BCUT2D eigenvalue weighted by Gasteiger charge is 2.42. The minimum atomic E-state index is 0.234. The number of amides is 1. The molecule has 2 bridgehead atoms. The zero-order chi connectivity index (χ0) is 9.42. The van der Waals surface area contributed by atoms with Crippen LogP contribution in [0.25, 0.3) is 0 Å². The van der Waals surface area contributed by atoms with Gasteiger partial charge in [0, 0.05) is 13.1 Å². The van der Waals surface area contributed by atoms with Gasteiger partial charge in [0.2, 0.25) is 5.91 Å². The van der Waals surface area contributed by atoms with Crippen molar-refractivity contribution in [3.63, 3.8) is 0 Å². The molecule has 13 heavy (non-hydrogen) atoms. The molecule has 74 valence electrons. The average Bonchev–Trinajstić information content (AvgIpc) is 2.76. The second-order valence-electron chi connectivity index (χ2n) is 4.38. The number of fused-ring (bicyclic) bond motifs is 2. The summed E-state index contributed by atoms with van der Waals surface area (Å²) in [6.07, 6.45) is 5.36. The molecule has 0 aromatic carbocycles. The molecule has 0 aromatic rings. The predicted octanol–water partition coefficient (Wildman–Crippen LogP) is 2.03. The van der Waals surface area contributed by atoms with E-state index in [9.17, 15) is 4.79 Å². The van der Waals surface area contributed by atoms with Crippen molar-refractivity contribution in [2.45, 2.75) is 31.7 Å². The second kappa shape index (κ2) is 3.60. The summed E-state index contributed by atoms with van der Waals surface area (Å²) < 4.78 is 0. The van der Waals surface area contributed by atoms with Gasteiger partial charge in [-0.05, 0) is 31.1 Å². The van der Waals surface area contributed by atoms with Gasteiger partial charge in [-0.2, -0.15) is 0 Å². The van der Waals surface area contributed by atoms with Crippen LogP contribution in [0.4, 0.5) is 0 Å². The Labute approximate surface area is 87.8 Å². The first kappa shape index (κ1) is 9.50. The van der Waals surface area contributed by atoms with Gasteiger partial charge in [0.15, 0.2) is 0 Å². The van der Waals surface area contributed by atoms with Crippen molar-refractivity contribution in [1.29, 1.82) is 0 Å². The highest BCUT2D eigenvalue weighted by Crippen LogP contribution is 2.46. The summed E-state index contributed by atoms with van der Waals surface area (Å²) >= 11 is 3.22. The maximum Gasteiger partial charge on any atom is 0.233 e. The van der Waals surface area contributed by atoms with Crippen LogP contribution in [-0.4, -0.2) is 29.2 Å². The Balaban J connectivity index is 1.98. The lowest BCUT2D eigenvalue weighted by Crippen LogP contribution is -2.40. The van der Waals surface area contributed by atoms with Crippen LogP contribution < -0.4 is 0 Å². The van der Waals surface area contributed by atoms with Gasteiger partial charge in [-0.25, -0.2) is 0 Å². The van der Waals surface area contributed by atoms with E-state index in [1.165, 1.54) is 25.7 Å². The third-order valence-electron chi connectivity index (χ3n) is 3.71. The number of rotatable bonds is 2. The molecule has 1 amide bonds. The number of alkyl halides is 1. The summed E-state index contributed by atoms with van der Waals surface area (Å²) in [4.78, 5) is 13.4. The van der Waals surface area contributed by atoms with Crippen LogP contribution in [0.2, 0.25) is 0 Å². The summed E-state index contributed by atoms with van der Waals surface area (Å²) in [6, 6.07) is 0.545. The molecule has 0 aliphatic heterocycles. The van der Waals surface area contributed by atoms with E-state index in [2.05, 4.69) is 15.9 Å². The highest BCUT2D eigenvalue weighted by atomic mass is 79.9. The Morgan fingerprint density at radius 1 is 1.46 bits per heavy atom. The van der Waals surface area contributed by atoms with Crippen LogP contribution in [0.3, 0.4) is 0 Å². The highest BCUT2D eigenvalue weighted by molar-refractivity contribution is 9.09. The summed E-state index contributed by atoms with van der Waals surface area (Å²) in [5.74, 6) is 1.95. The van der Waals surface area contributed by atoms with Crippen LogP contribution in [0.15, 0.2) is 0 Å². The standard InChI is InChI=1S/C10H16BrNO/c1-12(10(13)6-11)9-5-7-2-3-8(9)4-7/h7-9H,2-6H2,1H3. The first-order valence-electron chi connectivity index (χ1n) is 5.04. The van der Waals surface area contributed by atoms with Crippen molar-refractivity contribution in [3.05, 3.63) is 0 Å². The lowest BCUT2D eigenvalue weighted by atomic mass is 9.94. The van der Waals surface area contributed by atoms with Crippen molar-refractivity contribution in [2.24, 2.45) is 11.8 Å². The number of nitrogens with zero attached hydrogens (tertiary/aromatic N) is 1. The Morgan fingerprint density at radius 3 is 2.69 bits per heavy atom. The van der Waals surface area contributed by atoms with E-state index >= 15 is 0 Å². The molecule has 0 aromatic heterocycles. The normalized spacial score (nSPS) is 36.6. The maximum absolute atomic E-state index is 11.5. The molecular formula is C10H16BrNO. The third kappa shape index (κ3) is 1.63. The molecule has 0 radical (unpaired) electrons. The summed E-state index contributed by atoms with van der Waals surface area (Å²) in [7, 11) is 1.95. The van der Waals surface area contributed by atoms with Crippen molar-refractivity contribution in [1.82, 2.24) is 4.90 Å². The fourth-order valence-corrected chi connectivity index (χ4v) is 3.36. The average molecular weight is 246 g/mol. The molecule has 2 saturated carbocycles. The molecule has 0 spiro atoms. The summed E-state index contributed by atoms with van der Waals surface area (Å²) in [5, 5.41) is 0.470. The Kier molecular flexibility index (Phi) is 2.63. The van der Waals surface area contributed by atoms with E-state index in [-0.39, 0.29) is 5.91 Å². The zero-order valence-electron chi connectivity index (χ0n) is 8.00. The van der Waals surface area contributed by atoms with Crippen LogP contribution in [-0.2, 0) is 4.79 Å². The summed E-state index contributed by atoms with van der Waals surface area (Å²) in [6.45, 7) is 0. The molecule has 0 heterocycles. The molecule has 3 unspecified atom stereocenters. The molecule has 2 nitrogen and oxygen atoms in total. The molecule has 0 N–H and O–H groups in total. The zero-order valence-corrected chi connectivity index (χ0v) is 9.59. The lowest BCUT2D eigenvalue weighted by molar-refractivity contribution is -0.129. The van der Waals surface area contributed by atoms with Gasteiger partial charge >= 0.3 is 0 Å². The first-order valence-corrected chi connectivity index (χ1v) is 6.16. The van der Waals surface area contributed by atoms with Crippen molar-refractivity contribution < 1.29 is 4.79 Å². The van der Waals surface area contributed by atoms with E-state index in [1.54, 1.807) is 0 Å². The van der Waals surface area contributed by atoms with Crippen LogP contribution in [0, 0.1) is 11.8 Å². The van der Waals surface area contributed by atoms with Gasteiger partial charge in [-0.1, -0.05) is 22.4 Å². The van der Waals surface area contributed by atoms with E-state index < -0.39 is 0 Å². The van der Waals surface area contributed by atoms with E-state index in [4.69, 9.17) is 0 Å². The molecular weight excluding hydrogens is 230 g/mol. The Hall–Kier alpha value is -0.0500. The quantitative estimate of drug-likeness (QED) is 0.683. The number of carbonyl (C=O) groups is 1. The van der Waals surface area contributed by atoms with Crippen molar-refractivity contribution >= 4 is 21.8 Å². The minimum absolute atomic E-state index is 0.234. The van der Waals surface area contributed by atoms with Gasteiger partial charge in [-0.3, -0.25) is 4.79 Å². The Morgan fingerprint density at radius 2 is 2.23 bits per heavy atom. The van der Waals surface area contributed by atoms with Gasteiger partial charge in [0.05, 0.1) is 5.33 Å². The van der Waals surface area contributed by atoms with E-state index in [0.29, 0.717) is 11.4 Å². The number of halogens is 1. The van der Waals surface area contributed by atoms with Crippen LogP contribution in [0.1, 0.15) is 25.7 Å². The van der Waals surface area contributed by atoms with Gasteiger partial charge < -0.3 is 4.90 Å². The SMILES string of the molecule is CN(C(=O)CBr)C1CC2CCC1C2. The molecule has 3 atom stereocenters. The lowest BCUT2D eigenvalue weighted by Gasteiger charge is -2.31. The van der Waals surface area contributed by atoms with E-state index in [0.717, 1.165) is 11.8 Å². The van der Waals surface area contributed by atoms with Crippen molar-refractivity contribution in [3.8, 4) is 0 Å². The molecule has 2 aliphatic carbocycles. The van der Waals surface area contributed by atoms with Crippen LogP contribution >= 0.6 is 15.9 Å². The second-order valence-corrected chi connectivity index (χ2v) is 4.94. The van der Waals surface area contributed by atoms with E-state index in [1.807, 2.05) is 11.9 Å². The largest absolute Gasteiger partial charge is 0.342 e. The number of hydrogen-bond acceptors (Lipinski definition) is 1. The van der Waals surface area contributed by atoms with Gasteiger partial charge in [0.1, 0.15) is 0 Å². The molecule has 2 fully saturated rings. The predicted molar refractivity (Wildman–Crippen MR) is 55.8 cm³/mol. The molecule has 2 aliphatic rings. The first-order chi connectivity index (χ1) is 6.22. The summed E-state index contributed by atoms with van der Waals surface area (Å²) in [5.41, 5.74) is 0. The van der Waals surface area contributed by atoms with Gasteiger partial charge in [-0.15, -0.1) is 0 Å². The maximum atomic E-state index is 11.5. The third-order valence-corrected chi connectivity index (χ3v) is 4.19. The van der Waals surface area contributed by atoms with Gasteiger partial charge in [0.25, 0.3) is 0 Å². The number of carbonyl (C=O) groups excluding carboxylic acids is 1. The molecule has 2 rings (SSSR count). The smallest absolute Gasteiger partial charge is 0.233 e. The monoisotopic (exact) mass is 245 g/mol. The van der Waals surface area contributed by atoms with Crippen LogP contribution in [0.5, 0.6) is 0 Å².